The van der Waals surface area contributed by atoms with Crippen molar-refractivity contribution in [2.45, 2.75) is 65.2 Å². The Balaban J connectivity index is 1.55. The van der Waals surface area contributed by atoms with Crippen LogP contribution in [-0.2, 0) is 16.1 Å². The van der Waals surface area contributed by atoms with E-state index in [1.54, 1.807) is 25.7 Å². The maximum Gasteiger partial charge on any atom is 0.410 e. The van der Waals surface area contributed by atoms with Crippen LogP contribution < -0.4 is 4.74 Å². The number of halogens is 2. The summed E-state index contributed by atoms with van der Waals surface area (Å²) in [6, 6.07) is 1.95. The zero-order chi connectivity index (χ0) is 23.5. The Morgan fingerprint density at radius 3 is 2.31 bits per heavy atom. The molecule has 2 fully saturated rings. The largest absolute Gasteiger partial charge is 0.493 e. The first kappa shape index (κ1) is 24.1. The number of nitrogens with zero attached hydrogens (tertiary/aromatic N) is 2. The fraction of sp³-hybridized carbons (Fsp3) is 0.652. The minimum Gasteiger partial charge on any atom is -0.493 e. The lowest BCUT2D eigenvalue weighted by Gasteiger charge is -2.40. The average Bonchev–Trinajstić information content (AvgIpc) is 3.54. The van der Waals surface area contributed by atoms with E-state index in [9.17, 15) is 18.4 Å². The van der Waals surface area contributed by atoms with E-state index in [4.69, 9.17) is 14.2 Å². The van der Waals surface area contributed by atoms with E-state index in [2.05, 4.69) is 0 Å². The summed E-state index contributed by atoms with van der Waals surface area (Å²) in [7, 11) is 0. The van der Waals surface area contributed by atoms with E-state index >= 15 is 0 Å². The van der Waals surface area contributed by atoms with Crippen molar-refractivity contribution in [3.63, 3.8) is 0 Å². The second kappa shape index (κ2) is 9.92. The van der Waals surface area contributed by atoms with Crippen LogP contribution >= 0.6 is 0 Å². The molecule has 1 saturated carbocycles. The molecule has 2 amide bonds. The SMILES string of the molecule is CC[C@@H]1CN(C(=O)OC(C)(C)C)CCN1C(=O)OCc1c(F)cc(OCC2CC2)cc1F. The van der Waals surface area contributed by atoms with Crippen molar-refractivity contribution < 1.29 is 32.6 Å². The maximum atomic E-state index is 14.4. The van der Waals surface area contributed by atoms with Crippen molar-refractivity contribution in [3.05, 3.63) is 29.3 Å². The van der Waals surface area contributed by atoms with Crippen LogP contribution in [-0.4, -0.2) is 59.9 Å². The van der Waals surface area contributed by atoms with Crippen molar-refractivity contribution in [3.8, 4) is 5.75 Å². The van der Waals surface area contributed by atoms with Gasteiger partial charge in [-0.1, -0.05) is 6.92 Å². The van der Waals surface area contributed by atoms with Crippen LogP contribution in [0.5, 0.6) is 5.75 Å². The molecule has 3 rings (SSSR count). The number of benzene rings is 1. The molecule has 1 saturated heterocycles. The van der Waals surface area contributed by atoms with Gasteiger partial charge in [-0.25, -0.2) is 18.4 Å². The van der Waals surface area contributed by atoms with Gasteiger partial charge in [0.15, 0.2) is 0 Å². The Morgan fingerprint density at radius 2 is 1.75 bits per heavy atom. The van der Waals surface area contributed by atoms with E-state index in [1.807, 2.05) is 6.92 Å². The standard InChI is InChI=1S/C23H32F2N2O5/c1-5-16-12-26(21(28)32-23(2,3)4)8-9-27(16)22(29)31-14-18-19(24)10-17(11-20(18)25)30-13-15-6-7-15/h10-11,15-16H,5-9,12-14H2,1-4H3/t16-/m1/s1. The predicted octanol–water partition coefficient (Wildman–Crippen LogP) is 4.72. The first-order valence-corrected chi connectivity index (χ1v) is 11.1. The van der Waals surface area contributed by atoms with Crippen LogP contribution in [0.25, 0.3) is 0 Å². The molecule has 0 spiro atoms. The third-order valence-electron chi connectivity index (χ3n) is 5.48. The van der Waals surface area contributed by atoms with Gasteiger partial charge in [-0.2, -0.15) is 0 Å². The van der Waals surface area contributed by atoms with E-state index in [0.717, 1.165) is 25.0 Å². The molecule has 178 valence electrons. The van der Waals surface area contributed by atoms with Crippen molar-refractivity contribution >= 4 is 12.2 Å². The quantitative estimate of drug-likeness (QED) is 0.622. The molecule has 1 aromatic carbocycles. The molecule has 1 aromatic rings. The number of ether oxygens (including phenoxy) is 3. The van der Waals surface area contributed by atoms with E-state index in [1.165, 1.54) is 4.90 Å². The predicted molar refractivity (Wildman–Crippen MR) is 113 cm³/mol. The van der Waals surface area contributed by atoms with Crippen LogP contribution in [0, 0.1) is 17.6 Å². The van der Waals surface area contributed by atoms with Crippen molar-refractivity contribution in [1.82, 2.24) is 9.80 Å². The van der Waals surface area contributed by atoms with Crippen molar-refractivity contribution in [2.24, 2.45) is 5.92 Å². The zero-order valence-electron chi connectivity index (χ0n) is 19.2. The van der Waals surface area contributed by atoms with Crippen LogP contribution in [0.2, 0.25) is 0 Å². The minimum absolute atomic E-state index is 0.131. The molecule has 32 heavy (non-hydrogen) atoms. The number of rotatable bonds is 6. The molecule has 9 heteroatoms. The Bertz CT molecular complexity index is 815. The lowest BCUT2D eigenvalue weighted by molar-refractivity contribution is 0.000527. The number of amides is 2. The van der Waals surface area contributed by atoms with Gasteiger partial charge in [0.1, 0.15) is 29.6 Å². The van der Waals surface area contributed by atoms with Crippen LogP contribution in [0.15, 0.2) is 12.1 Å². The maximum absolute atomic E-state index is 14.4. The van der Waals surface area contributed by atoms with Crippen LogP contribution in [0.1, 0.15) is 52.5 Å². The highest BCUT2D eigenvalue weighted by Crippen LogP contribution is 2.30. The molecule has 1 atom stereocenters. The molecule has 0 aromatic heterocycles. The second-order valence-corrected chi connectivity index (χ2v) is 9.36. The monoisotopic (exact) mass is 454 g/mol. The lowest BCUT2D eigenvalue weighted by atomic mass is 10.1. The first-order chi connectivity index (χ1) is 15.1. The summed E-state index contributed by atoms with van der Waals surface area (Å²) < 4.78 is 44.8. The zero-order valence-corrected chi connectivity index (χ0v) is 19.2. The molecular formula is C23H32F2N2O5. The van der Waals surface area contributed by atoms with Crippen LogP contribution in [0.4, 0.5) is 18.4 Å². The Morgan fingerprint density at radius 1 is 1.09 bits per heavy atom. The van der Waals surface area contributed by atoms with Gasteiger partial charge in [-0.3, -0.25) is 0 Å². The van der Waals surface area contributed by atoms with E-state index in [-0.39, 0.29) is 30.4 Å². The minimum atomic E-state index is -0.814. The van der Waals surface area contributed by atoms with Gasteiger partial charge in [-0.05, 0) is 46.0 Å². The van der Waals surface area contributed by atoms with Gasteiger partial charge >= 0.3 is 12.2 Å². The molecule has 7 nitrogen and oxygen atoms in total. The highest BCUT2D eigenvalue weighted by atomic mass is 19.1. The fourth-order valence-corrected chi connectivity index (χ4v) is 3.45. The summed E-state index contributed by atoms with van der Waals surface area (Å²) in [4.78, 5) is 28.0. The molecule has 0 N–H and O–H groups in total. The summed E-state index contributed by atoms with van der Waals surface area (Å²) in [6.07, 6.45) is 1.63. The topological polar surface area (TPSA) is 68.3 Å². The number of hydrogen-bond acceptors (Lipinski definition) is 5. The summed E-state index contributed by atoms with van der Waals surface area (Å²) in [5, 5.41) is 0. The third kappa shape index (κ3) is 6.46. The molecule has 0 bridgehead atoms. The average molecular weight is 455 g/mol. The summed E-state index contributed by atoms with van der Waals surface area (Å²) in [5.74, 6) is -1.04. The first-order valence-electron chi connectivity index (χ1n) is 11.1. The highest BCUT2D eigenvalue weighted by molar-refractivity contribution is 5.71. The molecular weight excluding hydrogens is 422 g/mol. The van der Waals surface area contributed by atoms with Gasteiger partial charge in [-0.15, -0.1) is 0 Å². The van der Waals surface area contributed by atoms with Gasteiger partial charge in [0, 0.05) is 31.8 Å². The van der Waals surface area contributed by atoms with E-state index < -0.39 is 36.0 Å². The smallest absolute Gasteiger partial charge is 0.410 e. The van der Waals surface area contributed by atoms with Crippen molar-refractivity contribution in [2.75, 3.05) is 26.2 Å². The van der Waals surface area contributed by atoms with Crippen molar-refractivity contribution in [1.29, 1.82) is 0 Å². The van der Waals surface area contributed by atoms with E-state index in [0.29, 0.717) is 25.5 Å². The number of carbonyl (C=O) groups is 2. The summed E-state index contributed by atoms with van der Waals surface area (Å²) >= 11 is 0. The molecule has 0 unspecified atom stereocenters. The third-order valence-corrected chi connectivity index (χ3v) is 5.48. The van der Waals surface area contributed by atoms with Gasteiger partial charge in [0.05, 0.1) is 18.2 Å². The second-order valence-electron chi connectivity index (χ2n) is 9.36. The molecule has 0 radical (unpaired) electrons. The van der Waals surface area contributed by atoms with Gasteiger partial charge in [0.2, 0.25) is 0 Å². The number of piperazine rings is 1. The molecule has 1 aliphatic heterocycles. The Labute approximate surface area is 187 Å². The Kier molecular flexibility index (Phi) is 7.46. The molecule has 1 aliphatic carbocycles. The normalized spacial score (nSPS) is 19.0. The summed E-state index contributed by atoms with van der Waals surface area (Å²) in [5.41, 5.74) is -0.931. The fourth-order valence-electron chi connectivity index (χ4n) is 3.45. The summed E-state index contributed by atoms with van der Waals surface area (Å²) in [6.45, 7) is 8.02. The Hall–Kier alpha value is -2.58. The number of hydrogen-bond donors (Lipinski definition) is 0. The molecule has 1 heterocycles. The molecule has 2 aliphatic rings. The van der Waals surface area contributed by atoms with Gasteiger partial charge in [0.25, 0.3) is 0 Å². The number of carbonyl (C=O) groups excluding carboxylic acids is 2. The lowest BCUT2D eigenvalue weighted by Crippen LogP contribution is -2.57. The van der Waals surface area contributed by atoms with Gasteiger partial charge < -0.3 is 24.0 Å². The highest BCUT2D eigenvalue weighted by Gasteiger charge is 2.34. The van der Waals surface area contributed by atoms with Crippen LogP contribution in [0.3, 0.4) is 0 Å².